The van der Waals surface area contributed by atoms with Gasteiger partial charge in [-0.1, -0.05) is 6.92 Å². The highest BCUT2D eigenvalue weighted by Gasteiger charge is 2.28. The summed E-state index contributed by atoms with van der Waals surface area (Å²) in [6.07, 6.45) is 4.07. The van der Waals surface area contributed by atoms with Gasteiger partial charge in [-0.05, 0) is 26.2 Å². The van der Waals surface area contributed by atoms with E-state index in [4.69, 9.17) is 4.74 Å². The molecule has 2 heterocycles. The molecule has 0 bridgehead atoms. The lowest BCUT2D eigenvalue weighted by Crippen LogP contribution is -2.43. The number of hydrogen-bond acceptors (Lipinski definition) is 5. The predicted molar refractivity (Wildman–Crippen MR) is 72.9 cm³/mol. The Hall–Kier alpha value is -1.43. The van der Waals surface area contributed by atoms with Crippen molar-refractivity contribution in [1.82, 2.24) is 9.97 Å². The fourth-order valence-electron chi connectivity index (χ4n) is 2.10. The highest BCUT2D eigenvalue weighted by atomic mass is 19.1. The second-order valence-electron chi connectivity index (χ2n) is 5.16. The topological polar surface area (TPSA) is 59.1 Å². The highest BCUT2D eigenvalue weighted by molar-refractivity contribution is 5.43. The zero-order chi connectivity index (χ0) is 13.7. The molecule has 1 atom stereocenters. The third kappa shape index (κ3) is 3.76. The average Bonchev–Trinajstić information content (AvgIpc) is 2.40. The van der Waals surface area contributed by atoms with Crippen LogP contribution in [0.1, 0.15) is 33.1 Å². The van der Waals surface area contributed by atoms with Gasteiger partial charge in [0.05, 0.1) is 18.3 Å². The number of ether oxygens (including phenoxy) is 1. The van der Waals surface area contributed by atoms with E-state index in [0.717, 1.165) is 32.4 Å². The maximum Gasteiger partial charge on any atom is 0.224 e. The molecule has 1 aliphatic rings. The summed E-state index contributed by atoms with van der Waals surface area (Å²) in [6.45, 7) is 6.18. The predicted octanol–water partition coefficient (Wildman–Crippen LogP) is 2.42. The summed E-state index contributed by atoms with van der Waals surface area (Å²) in [6, 6.07) is 0. The van der Waals surface area contributed by atoms with Crippen molar-refractivity contribution in [1.29, 1.82) is 0 Å². The van der Waals surface area contributed by atoms with Crippen molar-refractivity contribution in [2.45, 2.75) is 38.6 Å². The Morgan fingerprint density at radius 3 is 3.05 bits per heavy atom. The second kappa shape index (κ2) is 6.14. The number of nitrogens with one attached hydrogen (secondary N) is 2. The van der Waals surface area contributed by atoms with Crippen molar-refractivity contribution in [2.75, 3.05) is 30.4 Å². The van der Waals surface area contributed by atoms with Crippen LogP contribution in [0.2, 0.25) is 0 Å². The lowest BCUT2D eigenvalue weighted by molar-refractivity contribution is 0.0537. The summed E-state index contributed by atoms with van der Waals surface area (Å²) in [7, 11) is 0. The molecule has 2 rings (SSSR count). The molecule has 1 aromatic heterocycles. The van der Waals surface area contributed by atoms with Crippen LogP contribution in [0.25, 0.3) is 0 Å². The number of hydrogen-bond donors (Lipinski definition) is 2. The minimum Gasteiger partial charge on any atom is -0.379 e. The monoisotopic (exact) mass is 268 g/mol. The fraction of sp³-hybridized carbons (Fsp3) is 0.692. The SMILES string of the molecule is CCCNc1ncc(F)c(NC2(C)CCCOC2)n1. The Balaban J connectivity index is 2.09. The summed E-state index contributed by atoms with van der Waals surface area (Å²) in [4.78, 5) is 8.11. The van der Waals surface area contributed by atoms with E-state index in [1.54, 1.807) is 0 Å². The average molecular weight is 268 g/mol. The minimum atomic E-state index is -0.436. The largest absolute Gasteiger partial charge is 0.379 e. The van der Waals surface area contributed by atoms with Gasteiger partial charge >= 0.3 is 0 Å². The van der Waals surface area contributed by atoms with Gasteiger partial charge in [-0.15, -0.1) is 0 Å². The molecule has 0 saturated carbocycles. The van der Waals surface area contributed by atoms with Crippen LogP contribution in [0.4, 0.5) is 16.2 Å². The Kier molecular flexibility index (Phi) is 4.52. The van der Waals surface area contributed by atoms with Crippen LogP contribution in [0.3, 0.4) is 0 Å². The number of anilines is 2. The highest BCUT2D eigenvalue weighted by Crippen LogP contribution is 2.24. The van der Waals surface area contributed by atoms with E-state index in [9.17, 15) is 4.39 Å². The van der Waals surface area contributed by atoms with Gasteiger partial charge in [0.15, 0.2) is 11.6 Å². The maximum absolute atomic E-state index is 13.8. The second-order valence-corrected chi connectivity index (χ2v) is 5.16. The van der Waals surface area contributed by atoms with Gasteiger partial charge < -0.3 is 15.4 Å². The standard InChI is InChI=1S/C13H21FN4O/c1-3-6-15-12-16-8-10(14)11(17-12)18-13(2)5-4-7-19-9-13/h8H,3-7,9H2,1-2H3,(H2,15,16,17,18). The zero-order valence-electron chi connectivity index (χ0n) is 11.5. The first-order valence-corrected chi connectivity index (χ1v) is 6.75. The van der Waals surface area contributed by atoms with Gasteiger partial charge in [-0.3, -0.25) is 0 Å². The van der Waals surface area contributed by atoms with Crippen molar-refractivity contribution in [3.8, 4) is 0 Å². The molecule has 1 saturated heterocycles. The van der Waals surface area contributed by atoms with Crippen LogP contribution >= 0.6 is 0 Å². The summed E-state index contributed by atoms with van der Waals surface area (Å²) in [5, 5.41) is 6.20. The molecule has 1 unspecified atom stereocenters. The van der Waals surface area contributed by atoms with Crippen LogP contribution in [0.5, 0.6) is 0 Å². The van der Waals surface area contributed by atoms with Crippen LogP contribution in [0.15, 0.2) is 6.20 Å². The Bertz CT molecular complexity index is 421. The van der Waals surface area contributed by atoms with E-state index in [2.05, 4.69) is 27.5 Å². The molecule has 106 valence electrons. The third-order valence-corrected chi connectivity index (χ3v) is 3.14. The number of halogens is 1. The van der Waals surface area contributed by atoms with Crippen molar-refractivity contribution in [2.24, 2.45) is 0 Å². The lowest BCUT2D eigenvalue weighted by Gasteiger charge is -2.34. The fourth-order valence-corrected chi connectivity index (χ4v) is 2.10. The van der Waals surface area contributed by atoms with Crippen molar-refractivity contribution >= 4 is 11.8 Å². The molecular formula is C13H21FN4O. The third-order valence-electron chi connectivity index (χ3n) is 3.14. The number of rotatable bonds is 5. The van der Waals surface area contributed by atoms with Gasteiger partial charge in [-0.2, -0.15) is 4.98 Å². The minimum absolute atomic E-state index is 0.238. The Morgan fingerprint density at radius 2 is 2.37 bits per heavy atom. The van der Waals surface area contributed by atoms with E-state index in [-0.39, 0.29) is 11.4 Å². The maximum atomic E-state index is 13.8. The van der Waals surface area contributed by atoms with Crippen LogP contribution in [-0.2, 0) is 4.74 Å². The van der Waals surface area contributed by atoms with Crippen LogP contribution in [0, 0.1) is 5.82 Å². The molecule has 19 heavy (non-hydrogen) atoms. The molecule has 1 aliphatic heterocycles. The summed E-state index contributed by atoms with van der Waals surface area (Å²) in [5.74, 6) is 0.251. The van der Waals surface area contributed by atoms with Crippen molar-refractivity contribution < 1.29 is 9.13 Å². The molecule has 0 spiro atoms. The molecule has 0 aromatic carbocycles. The zero-order valence-corrected chi connectivity index (χ0v) is 11.5. The molecule has 0 aliphatic carbocycles. The smallest absolute Gasteiger partial charge is 0.224 e. The van der Waals surface area contributed by atoms with Crippen LogP contribution in [-0.4, -0.2) is 35.3 Å². The first kappa shape index (κ1) is 14.0. The number of nitrogens with zero attached hydrogens (tertiary/aromatic N) is 2. The van der Waals surface area contributed by atoms with Gasteiger partial charge in [0, 0.05) is 13.2 Å². The molecule has 1 fully saturated rings. The number of aromatic nitrogens is 2. The van der Waals surface area contributed by atoms with Crippen molar-refractivity contribution in [3.05, 3.63) is 12.0 Å². The first-order valence-electron chi connectivity index (χ1n) is 6.75. The van der Waals surface area contributed by atoms with Crippen LogP contribution < -0.4 is 10.6 Å². The molecule has 0 amide bonds. The quantitative estimate of drug-likeness (QED) is 0.859. The summed E-state index contributed by atoms with van der Waals surface area (Å²) < 4.78 is 19.2. The molecular weight excluding hydrogens is 247 g/mol. The van der Waals surface area contributed by atoms with Gasteiger partial charge in [0.25, 0.3) is 0 Å². The van der Waals surface area contributed by atoms with E-state index in [0.29, 0.717) is 12.6 Å². The van der Waals surface area contributed by atoms with E-state index in [1.807, 2.05) is 6.92 Å². The molecule has 1 aromatic rings. The van der Waals surface area contributed by atoms with Gasteiger partial charge in [0.1, 0.15) is 0 Å². The summed E-state index contributed by atoms with van der Waals surface area (Å²) in [5.41, 5.74) is -0.268. The molecule has 2 N–H and O–H groups in total. The van der Waals surface area contributed by atoms with Gasteiger partial charge in [-0.25, -0.2) is 9.37 Å². The Morgan fingerprint density at radius 1 is 1.53 bits per heavy atom. The molecule has 0 radical (unpaired) electrons. The van der Waals surface area contributed by atoms with Crippen molar-refractivity contribution in [3.63, 3.8) is 0 Å². The van der Waals surface area contributed by atoms with E-state index < -0.39 is 5.82 Å². The lowest BCUT2D eigenvalue weighted by atomic mass is 9.95. The normalized spacial score (nSPS) is 23.1. The summed E-state index contributed by atoms with van der Waals surface area (Å²) >= 11 is 0. The molecule has 5 nitrogen and oxygen atoms in total. The van der Waals surface area contributed by atoms with E-state index in [1.165, 1.54) is 6.20 Å². The molecule has 6 heteroatoms. The van der Waals surface area contributed by atoms with E-state index >= 15 is 0 Å². The van der Waals surface area contributed by atoms with Gasteiger partial charge in [0.2, 0.25) is 5.95 Å². The first-order chi connectivity index (χ1) is 9.13. The Labute approximate surface area is 113 Å².